The number of aryl methyl sites for hydroxylation is 1. The maximum Gasteiger partial charge on any atom is 0.237 e. The first-order chi connectivity index (χ1) is 13.2. The van der Waals surface area contributed by atoms with Crippen LogP contribution in [0.5, 0.6) is 5.75 Å². The zero-order valence-corrected chi connectivity index (χ0v) is 15.9. The standard InChI is InChI=1S/C18H17N5O3S/c1-11-14(7-8-25-11)17-20-21-18(23(17)2)27-10-15-19-16(22-26-15)12-5-4-6-13(9-12)24-3/h4-9H,10H2,1-3H3. The molecule has 3 aromatic heterocycles. The molecule has 4 aromatic rings. The van der Waals surface area contributed by atoms with Crippen molar-refractivity contribution in [2.45, 2.75) is 17.8 Å². The Labute approximate surface area is 159 Å². The van der Waals surface area contributed by atoms with Crippen LogP contribution in [-0.4, -0.2) is 32.0 Å². The van der Waals surface area contributed by atoms with E-state index in [0.717, 1.165) is 33.6 Å². The molecule has 1 aromatic carbocycles. The Morgan fingerprint density at radius 2 is 2.11 bits per heavy atom. The van der Waals surface area contributed by atoms with Crippen molar-refractivity contribution < 1.29 is 13.7 Å². The molecule has 0 atom stereocenters. The van der Waals surface area contributed by atoms with Crippen molar-refractivity contribution in [3.05, 3.63) is 48.2 Å². The molecule has 4 rings (SSSR count). The zero-order valence-electron chi connectivity index (χ0n) is 15.0. The molecule has 0 spiro atoms. The lowest BCUT2D eigenvalue weighted by molar-refractivity contribution is 0.391. The van der Waals surface area contributed by atoms with Crippen molar-refractivity contribution in [3.8, 4) is 28.5 Å². The summed E-state index contributed by atoms with van der Waals surface area (Å²) in [5.74, 6) is 3.84. The lowest BCUT2D eigenvalue weighted by Gasteiger charge is -2.01. The number of aromatic nitrogens is 5. The summed E-state index contributed by atoms with van der Waals surface area (Å²) in [4.78, 5) is 4.44. The Hall–Kier alpha value is -3.07. The highest BCUT2D eigenvalue weighted by Crippen LogP contribution is 2.28. The first-order valence-electron chi connectivity index (χ1n) is 8.19. The SMILES string of the molecule is COc1cccc(-c2noc(CSc3nnc(-c4ccoc4C)n3C)n2)c1. The molecule has 0 saturated carbocycles. The lowest BCUT2D eigenvalue weighted by Crippen LogP contribution is -1.95. The predicted molar refractivity (Wildman–Crippen MR) is 99.3 cm³/mol. The third-order valence-corrected chi connectivity index (χ3v) is 5.06. The predicted octanol–water partition coefficient (Wildman–Crippen LogP) is 3.73. The third kappa shape index (κ3) is 3.45. The average molecular weight is 383 g/mol. The minimum absolute atomic E-state index is 0.493. The molecule has 0 saturated heterocycles. The fraction of sp³-hybridized carbons (Fsp3) is 0.222. The molecule has 9 heteroatoms. The molecule has 0 aliphatic heterocycles. The van der Waals surface area contributed by atoms with Gasteiger partial charge in [-0.2, -0.15) is 4.98 Å². The Kier molecular flexibility index (Phi) is 4.68. The maximum absolute atomic E-state index is 5.36. The van der Waals surface area contributed by atoms with Crippen LogP contribution in [0.25, 0.3) is 22.8 Å². The van der Waals surface area contributed by atoms with Gasteiger partial charge in [-0.05, 0) is 25.1 Å². The summed E-state index contributed by atoms with van der Waals surface area (Å²) in [6, 6.07) is 9.41. The van der Waals surface area contributed by atoms with Gasteiger partial charge in [0.15, 0.2) is 11.0 Å². The van der Waals surface area contributed by atoms with Crippen LogP contribution in [0.15, 0.2) is 50.7 Å². The van der Waals surface area contributed by atoms with Gasteiger partial charge in [-0.25, -0.2) is 0 Å². The fourth-order valence-electron chi connectivity index (χ4n) is 2.61. The minimum atomic E-state index is 0.493. The smallest absolute Gasteiger partial charge is 0.237 e. The Balaban J connectivity index is 1.48. The van der Waals surface area contributed by atoms with Crippen molar-refractivity contribution in [1.29, 1.82) is 0 Å². The van der Waals surface area contributed by atoms with E-state index in [1.54, 1.807) is 13.4 Å². The first kappa shape index (κ1) is 17.3. The van der Waals surface area contributed by atoms with Crippen LogP contribution in [0, 0.1) is 6.92 Å². The molecule has 0 unspecified atom stereocenters. The molecule has 0 aliphatic carbocycles. The highest BCUT2D eigenvalue weighted by molar-refractivity contribution is 7.98. The molecule has 0 bridgehead atoms. The highest BCUT2D eigenvalue weighted by atomic mass is 32.2. The van der Waals surface area contributed by atoms with Crippen LogP contribution >= 0.6 is 11.8 Å². The number of hydrogen-bond acceptors (Lipinski definition) is 8. The van der Waals surface area contributed by atoms with Crippen LogP contribution in [0.3, 0.4) is 0 Å². The van der Waals surface area contributed by atoms with Crippen LogP contribution in [0.4, 0.5) is 0 Å². The second kappa shape index (κ2) is 7.28. The summed E-state index contributed by atoms with van der Waals surface area (Å²) in [6.45, 7) is 1.90. The second-order valence-corrected chi connectivity index (χ2v) is 6.73. The van der Waals surface area contributed by atoms with E-state index in [9.17, 15) is 0 Å². The maximum atomic E-state index is 5.36. The molecule has 0 radical (unpaired) electrons. The van der Waals surface area contributed by atoms with Gasteiger partial charge in [-0.1, -0.05) is 29.1 Å². The van der Waals surface area contributed by atoms with Gasteiger partial charge in [0.25, 0.3) is 0 Å². The molecule has 0 fully saturated rings. The minimum Gasteiger partial charge on any atom is -0.497 e. The van der Waals surface area contributed by atoms with Crippen molar-refractivity contribution in [2.75, 3.05) is 7.11 Å². The van der Waals surface area contributed by atoms with Crippen LogP contribution in [0.1, 0.15) is 11.7 Å². The molecular formula is C18H17N5O3S. The van der Waals surface area contributed by atoms with E-state index in [-0.39, 0.29) is 0 Å². The van der Waals surface area contributed by atoms with Gasteiger partial charge >= 0.3 is 0 Å². The van der Waals surface area contributed by atoms with Gasteiger partial charge in [0.05, 0.1) is 24.7 Å². The van der Waals surface area contributed by atoms with Crippen molar-refractivity contribution in [2.24, 2.45) is 7.05 Å². The molecule has 0 N–H and O–H groups in total. The number of thioether (sulfide) groups is 1. The monoisotopic (exact) mass is 383 g/mol. The summed E-state index contributed by atoms with van der Waals surface area (Å²) in [7, 11) is 3.54. The largest absolute Gasteiger partial charge is 0.497 e. The number of methoxy groups -OCH3 is 1. The third-order valence-electron chi connectivity index (χ3n) is 4.06. The summed E-state index contributed by atoms with van der Waals surface area (Å²) < 4.78 is 17.8. The summed E-state index contributed by atoms with van der Waals surface area (Å²) >= 11 is 1.48. The topological polar surface area (TPSA) is 92.0 Å². The van der Waals surface area contributed by atoms with E-state index in [1.165, 1.54) is 11.8 Å². The zero-order chi connectivity index (χ0) is 18.8. The number of nitrogens with zero attached hydrogens (tertiary/aromatic N) is 5. The number of rotatable bonds is 6. The fourth-order valence-corrected chi connectivity index (χ4v) is 3.36. The van der Waals surface area contributed by atoms with Crippen molar-refractivity contribution in [1.82, 2.24) is 24.9 Å². The second-order valence-electron chi connectivity index (χ2n) is 5.79. The quantitative estimate of drug-likeness (QED) is 0.465. The summed E-state index contributed by atoms with van der Waals surface area (Å²) in [5, 5.41) is 13.3. The van der Waals surface area contributed by atoms with E-state index >= 15 is 0 Å². The van der Waals surface area contributed by atoms with E-state index in [0.29, 0.717) is 17.5 Å². The van der Waals surface area contributed by atoms with Crippen LogP contribution in [0.2, 0.25) is 0 Å². The van der Waals surface area contributed by atoms with E-state index in [2.05, 4.69) is 20.3 Å². The number of furan rings is 1. The number of ether oxygens (including phenoxy) is 1. The Bertz CT molecular complexity index is 1070. The van der Waals surface area contributed by atoms with Gasteiger partial charge in [-0.3, -0.25) is 0 Å². The van der Waals surface area contributed by atoms with Gasteiger partial charge < -0.3 is 18.2 Å². The van der Waals surface area contributed by atoms with Crippen molar-refractivity contribution >= 4 is 11.8 Å². The lowest BCUT2D eigenvalue weighted by atomic mass is 10.2. The molecule has 27 heavy (non-hydrogen) atoms. The van der Waals surface area contributed by atoms with Crippen LogP contribution < -0.4 is 4.74 Å². The van der Waals surface area contributed by atoms with Crippen molar-refractivity contribution in [3.63, 3.8) is 0 Å². The Morgan fingerprint density at radius 3 is 2.89 bits per heavy atom. The van der Waals surface area contributed by atoms with E-state index in [1.807, 2.05) is 48.9 Å². The molecule has 8 nitrogen and oxygen atoms in total. The van der Waals surface area contributed by atoms with E-state index in [4.69, 9.17) is 13.7 Å². The average Bonchev–Trinajstić information content (AvgIpc) is 3.41. The van der Waals surface area contributed by atoms with E-state index < -0.39 is 0 Å². The van der Waals surface area contributed by atoms with Gasteiger partial charge in [-0.15, -0.1) is 10.2 Å². The Morgan fingerprint density at radius 1 is 1.22 bits per heavy atom. The van der Waals surface area contributed by atoms with Gasteiger partial charge in [0.1, 0.15) is 11.5 Å². The van der Waals surface area contributed by atoms with Gasteiger partial charge in [0.2, 0.25) is 11.7 Å². The summed E-state index contributed by atoms with van der Waals surface area (Å²) in [5.41, 5.74) is 1.76. The normalized spacial score (nSPS) is 11.1. The molecule has 0 aliphatic rings. The summed E-state index contributed by atoms with van der Waals surface area (Å²) in [6.07, 6.45) is 1.64. The molecule has 138 valence electrons. The molecule has 3 heterocycles. The number of hydrogen-bond donors (Lipinski definition) is 0. The highest BCUT2D eigenvalue weighted by Gasteiger charge is 2.16. The number of benzene rings is 1. The molecular weight excluding hydrogens is 366 g/mol. The van der Waals surface area contributed by atoms with Gasteiger partial charge in [0, 0.05) is 12.6 Å². The van der Waals surface area contributed by atoms with Crippen LogP contribution in [-0.2, 0) is 12.8 Å². The first-order valence-corrected chi connectivity index (χ1v) is 9.18. The molecule has 0 amide bonds.